The second kappa shape index (κ2) is 4.42. The van der Waals surface area contributed by atoms with Crippen LogP contribution in [0.2, 0.25) is 0 Å². The molecule has 0 fully saturated rings. The molecule has 0 amide bonds. The first-order valence-electron chi connectivity index (χ1n) is 6.33. The number of fused-ring (bicyclic) bond motifs is 1. The van der Waals surface area contributed by atoms with E-state index in [1.807, 2.05) is 24.3 Å². The third kappa shape index (κ3) is 2.15. The molecule has 0 saturated carbocycles. The first-order valence-corrected chi connectivity index (χ1v) is 6.33. The Bertz CT molecular complexity index is 624. The Hall–Kier alpha value is -1.74. The summed E-state index contributed by atoms with van der Waals surface area (Å²) in [6, 6.07) is 11.2. The first-order chi connectivity index (χ1) is 9.08. The zero-order valence-corrected chi connectivity index (χ0v) is 10.4. The maximum Gasteiger partial charge on any atom is 0.129 e. The summed E-state index contributed by atoms with van der Waals surface area (Å²) in [7, 11) is 0. The van der Waals surface area contributed by atoms with Crippen molar-refractivity contribution in [3.8, 4) is 0 Å². The molecule has 0 spiro atoms. The lowest BCUT2D eigenvalue weighted by Gasteiger charge is -2.24. The summed E-state index contributed by atoms with van der Waals surface area (Å²) in [6.45, 7) is 0. The van der Waals surface area contributed by atoms with Gasteiger partial charge in [-0.3, -0.25) is 0 Å². The van der Waals surface area contributed by atoms with Gasteiger partial charge in [0.15, 0.2) is 0 Å². The third-order valence-electron chi connectivity index (χ3n) is 3.82. The van der Waals surface area contributed by atoms with E-state index in [-0.39, 0.29) is 6.42 Å². The van der Waals surface area contributed by atoms with Gasteiger partial charge in [0.2, 0.25) is 0 Å². The molecular weight excluding hydrogens is 246 g/mol. The molecule has 0 saturated heterocycles. The van der Waals surface area contributed by atoms with Crippen LogP contribution >= 0.6 is 0 Å². The summed E-state index contributed by atoms with van der Waals surface area (Å²) in [5.41, 5.74) is 1.27. The monoisotopic (exact) mass is 260 g/mol. The molecule has 1 N–H and O–H groups in total. The lowest BCUT2D eigenvalue weighted by atomic mass is 9.88. The molecule has 2 aromatic rings. The Balaban J connectivity index is 1.95. The van der Waals surface area contributed by atoms with Crippen LogP contribution in [0.15, 0.2) is 42.5 Å². The average Bonchev–Trinajstić information content (AvgIpc) is 2.72. The third-order valence-corrected chi connectivity index (χ3v) is 3.82. The highest BCUT2D eigenvalue weighted by Crippen LogP contribution is 2.39. The van der Waals surface area contributed by atoms with Gasteiger partial charge in [-0.15, -0.1) is 0 Å². The van der Waals surface area contributed by atoms with Crippen molar-refractivity contribution >= 4 is 0 Å². The van der Waals surface area contributed by atoms with Gasteiger partial charge in [-0.1, -0.05) is 30.3 Å². The Labute approximate surface area is 110 Å². The SMILES string of the molecule is OC1(Cc2ccc(F)cc2F)CCc2ccccc21. The van der Waals surface area contributed by atoms with Crippen LogP contribution in [0.3, 0.4) is 0 Å². The van der Waals surface area contributed by atoms with Crippen LogP contribution in [0.1, 0.15) is 23.1 Å². The van der Waals surface area contributed by atoms with E-state index >= 15 is 0 Å². The average molecular weight is 260 g/mol. The van der Waals surface area contributed by atoms with Gasteiger partial charge in [-0.2, -0.15) is 0 Å². The fourth-order valence-corrected chi connectivity index (χ4v) is 2.83. The van der Waals surface area contributed by atoms with Crippen LogP contribution in [-0.4, -0.2) is 5.11 Å². The van der Waals surface area contributed by atoms with Gasteiger partial charge in [0.25, 0.3) is 0 Å². The minimum atomic E-state index is -1.05. The van der Waals surface area contributed by atoms with Crippen LogP contribution in [0.5, 0.6) is 0 Å². The molecule has 0 aliphatic heterocycles. The molecule has 1 atom stereocenters. The van der Waals surface area contributed by atoms with E-state index in [1.54, 1.807) is 0 Å². The molecular formula is C16H14F2O. The molecule has 0 radical (unpaired) electrons. The summed E-state index contributed by atoms with van der Waals surface area (Å²) in [4.78, 5) is 0. The molecule has 98 valence electrons. The highest BCUT2D eigenvalue weighted by molar-refractivity contribution is 5.38. The minimum absolute atomic E-state index is 0.177. The highest BCUT2D eigenvalue weighted by Gasteiger charge is 2.36. The van der Waals surface area contributed by atoms with Gasteiger partial charge in [0, 0.05) is 12.5 Å². The van der Waals surface area contributed by atoms with E-state index in [0.717, 1.165) is 23.6 Å². The number of hydrogen-bond donors (Lipinski definition) is 1. The van der Waals surface area contributed by atoms with Crippen LogP contribution in [0, 0.1) is 11.6 Å². The topological polar surface area (TPSA) is 20.2 Å². The molecule has 0 heterocycles. The minimum Gasteiger partial charge on any atom is -0.385 e. The summed E-state index contributed by atoms with van der Waals surface area (Å²) in [5.74, 6) is -1.20. The maximum atomic E-state index is 13.7. The molecule has 19 heavy (non-hydrogen) atoms. The molecule has 1 nitrogen and oxygen atoms in total. The number of benzene rings is 2. The van der Waals surface area contributed by atoms with Crippen molar-refractivity contribution in [1.82, 2.24) is 0 Å². The van der Waals surface area contributed by atoms with E-state index in [1.165, 1.54) is 12.1 Å². The van der Waals surface area contributed by atoms with Crippen molar-refractivity contribution < 1.29 is 13.9 Å². The molecule has 1 aliphatic carbocycles. The number of aryl methyl sites for hydroxylation is 1. The Morgan fingerprint density at radius 1 is 1.11 bits per heavy atom. The molecule has 0 aromatic heterocycles. The van der Waals surface area contributed by atoms with Gasteiger partial charge in [-0.05, 0) is 35.6 Å². The molecule has 3 heteroatoms. The largest absolute Gasteiger partial charge is 0.385 e. The van der Waals surface area contributed by atoms with Crippen molar-refractivity contribution in [2.75, 3.05) is 0 Å². The molecule has 1 unspecified atom stereocenters. The van der Waals surface area contributed by atoms with E-state index in [4.69, 9.17) is 0 Å². The second-order valence-corrected chi connectivity index (χ2v) is 5.10. The fourth-order valence-electron chi connectivity index (χ4n) is 2.83. The predicted molar refractivity (Wildman–Crippen MR) is 68.7 cm³/mol. The van der Waals surface area contributed by atoms with E-state index in [0.29, 0.717) is 12.0 Å². The lowest BCUT2D eigenvalue weighted by Crippen LogP contribution is -2.25. The quantitative estimate of drug-likeness (QED) is 0.878. The zero-order valence-electron chi connectivity index (χ0n) is 10.4. The summed E-state index contributed by atoms with van der Waals surface area (Å²) in [6.07, 6.45) is 1.54. The summed E-state index contributed by atoms with van der Waals surface area (Å²) < 4.78 is 26.6. The van der Waals surface area contributed by atoms with Crippen LogP contribution < -0.4 is 0 Å². The van der Waals surface area contributed by atoms with Gasteiger partial charge < -0.3 is 5.11 Å². The number of halogens is 2. The van der Waals surface area contributed by atoms with Crippen LogP contribution in [0.25, 0.3) is 0 Å². The molecule has 0 bridgehead atoms. The zero-order chi connectivity index (χ0) is 13.5. The van der Waals surface area contributed by atoms with Gasteiger partial charge in [0.1, 0.15) is 11.6 Å². The van der Waals surface area contributed by atoms with Crippen molar-refractivity contribution in [2.45, 2.75) is 24.9 Å². The first kappa shape index (κ1) is 12.3. The summed E-state index contributed by atoms with van der Waals surface area (Å²) >= 11 is 0. The normalized spacial score (nSPS) is 21.4. The van der Waals surface area contributed by atoms with Crippen LogP contribution in [0.4, 0.5) is 8.78 Å². The summed E-state index contributed by atoms with van der Waals surface area (Å²) in [5, 5.41) is 10.7. The van der Waals surface area contributed by atoms with Crippen molar-refractivity contribution in [2.24, 2.45) is 0 Å². The fraction of sp³-hybridized carbons (Fsp3) is 0.250. The molecule has 3 rings (SSSR count). The maximum absolute atomic E-state index is 13.7. The molecule has 2 aromatic carbocycles. The van der Waals surface area contributed by atoms with Gasteiger partial charge in [-0.25, -0.2) is 8.78 Å². The standard InChI is InChI=1S/C16H14F2O/c17-13-6-5-12(15(18)9-13)10-16(19)8-7-11-3-1-2-4-14(11)16/h1-6,9,19H,7-8,10H2. The van der Waals surface area contributed by atoms with Crippen molar-refractivity contribution in [1.29, 1.82) is 0 Å². The van der Waals surface area contributed by atoms with Gasteiger partial charge >= 0.3 is 0 Å². The number of rotatable bonds is 2. The Kier molecular flexibility index (Phi) is 2.86. The van der Waals surface area contributed by atoms with Gasteiger partial charge in [0.05, 0.1) is 5.60 Å². The van der Waals surface area contributed by atoms with Crippen LogP contribution in [-0.2, 0) is 18.4 Å². The highest BCUT2D eigenvalue weighted by atomic mass is 19.1. The molecule has 1 aliphatic rings. The number of aliphatic hydroxyl groups is 1. The number of hydrogen-bond acceptors (Lipinski definition) is 1. The van der Waals surface area contributed by atoms with E-state index in [2.05, 4.69) is 0 Å². The van der Waals surface area contributed by atoms with Crippen molar-refractivity contribution in [3.63, 3.8) is 0 Å². The predicted octanol–water partition coefficient (Wildman–Crippen LogP) is 3.34. The lowest BCUT2D eigenvalue weighted by molar-refractivity contribution is 0.0381. The second-order valence-electron chi connectivity index (χ2n) is 5.10. The van der Waals surface area contributed by atoms with E-state index in [9.17, 15) is 13.9 Å². The van der Waals surface area contributed by atoms with Crippen molar-refractivity contribution in [3.05, 3.63) is 70.8 Å². The smallest absolute Gasteiger partial charge is 0.129 e. The Morgan fingerprint density at radius 2 is 1.89 bits per heavy atom. The Morgan fingerprint density at radius 3 is 2.68 bits per heavy atom. The van der Waals surface area contributed by atoms with E-state index < -0.39 is 17.2 Å².